The fraction of sp³-hybridized carbons (Fsp3) is 0.645. The standard InChI is InChI=1S/C11H16O3.C10H14O3.C10H14O2/c1-7-4-5-9(10(12)6-7)8(2)11(13)14-3;1-6-3-4-8(9(11)5-6)7(2)10(12)13;1-6-3-4-8-7(2)10(11)12-9(8)5-6/h6,8-9H,4-5H2,1-3H3;5,7-8H,3-4H2,1-2H3,(H,12,13);5,7-9H,3-4H2,1-2H3. The van der Waals surface area contributed by atoms with E-state index in [1.54, 1.807) is 26.0 Å². The van der Waals surface area contributed by atoms with E-state index in [0.717, 1.165) is 43.3 Å². The molecule has 8 nitrogen and oxygen atoms in total. The molecule has 39 heavy (non-hydrogen) atoms. The Morgan fingerprint density at radius 2 is 1.36 bits per heavy atom. The molecule has 1 fully saturated rings. The first-order valence-electron chi connectivity index (χ1n) is 13.9. The third-order valence-corrected chi connectivity index (χ3v) is 8.39. The predicted molar refractivity (Wildman–Crippen MR) is 146 cm³/mol. The van der Waals surface area contributed by atoms with Crippen LogP contribution in [0.25, 0.3) is 0 Å². The highest BCUT2D eigenvalue weighted by Crippen LogP contribution is 2.37. The molecule has 8 heteroatoms. The summed E-state index contributed by atoms with van der Waals surface area (Å²) in [6.07, 6.45) is 10.8. The van der Waals surface area contributed by atoms with Crippen molar-refractivity contribution in [1.29, 1.82) is 0 Å². The van der Waals surface area contributed by atoms with E-state index < -0.39 is 11.9 Å². The number of hydrogen-bond acceptors (Lipinski definition) is 7. The zero-order valence-electron chi connectivity index (χ0n) is 24.3. The van der Waals surface area contributed by atoms with Crippen LogP contribution in [0.15, 0.2) is 34.9 Å². The van der Waals surface area contributed by atoms with Crippen LogP contribution in [0.5, 0.6) is 0 Å². The largest absolute Gasteiger partial charge is 0.481 e. The van der Waals surface area contributed by atoms with Gasteiger partial charge in [0.25, 0.3) is 0 Å². The third-order valence-electron chi connectivity index (χ3n) is 8.39. The lowest BCUT2D eigenvalue weighted by Gasteiger charge is -2.23. The molecule has 0 amide bonds. The van der Waals surface area contributed by atoms with Crippen LogP contribution < -0.4 is 0 Å². The topological polar surface area (TPSA) is 124 Å². The summed E-state index contributed by atoms with van der Waals surface area (Å²) in [6, 6.07) is 0. The fourth-order valence-electron chi connectivity index (χ4n) is 5.53. The van der Waals surface area contributed by atoms with Crippen molar-refractivity contribution in [1.82, 2.24) is 0 Å². The summed E-state index contributed by atoms with van der Waals surface area (Å²) in [7, 11) is 1.35. The maximum absolute atomic E-state index is 11.6. The van der Waals surface area contributed by atoms with E-state index >= 15 is 0 Å². The number of ketones is 2. The quantitative estimate of drug-likeness (QED) is 0.376. The third kappa shape index (κ3) is 8.73. The van der Waals surface area contributed by atoms with Crippen molar-refractivity contribution in [2.75, 3.05) is 7.11 Å². The first-order chi connectivity index (χ1) is 18.3. The van der Waals surface area contributed by atoms with E-state index in [-0.39, 0.29) is 53.3 Å². The van der Waals surface area contributed by atoms with Gasteiger partial charge in [0.2, 0.25) is 0 Å². The average molecular weight is 545 g/mol. The highest BCUT2D eigenvalue weighted by atomic mass is 16.6. The van der Waals surface area contributed by atoms with Gasteiger partial charge in [-0.05, 0) is 77.5 Å². The second-order valence-electron chi connectivity index (χ2n) is 11.4. The Labute approximate surface area is 231 Å². The number of allylic oxidation sites excluding steroid dienone is 5. The number of carboxylic acid groups (broad SMARTS) is 1. The van der Waals surface area contributed by atoms with Gasteiger partial charge in [-0.1, -0.05) is 37.5 Å². The molecule has 1 aliphatic heterocycles. The number of ether oxygens (including phenoxy) is 2. The van der Waals surface area contributed by atoms with E-state index in [0.29, 0.717) is 12.3 Å². The normalized spacial score (nSPS) is 29.5. The lowest BCUT2D eigenvalue weighted by molar-refractivity contribution is -0.149. The van der Waals surface area contributed by atoms with E-state index in [2.05, 4.69) is 17.7 Å². The van der Waals surface area contributed by atoms with Gasteiger partial charge in [-0.2, -0.15) is 0 Å². The molecule has 0 bridgehead atoms. The summed E-state index contributed by atoms with van der Waals surface area (Å²) in [5.41, 5.74) is 3.51. The van der Waals surface area contributed by atoms with E-state index in [1.807, 2.05) is 20.8 Å². The number of carboxylic acids is 1. The van der Waals surface area contributed by atoms with Gasteiger partial charge in [0.05, 0.1) is 24.9 Å². The maximum atomic E-state index is 11.6. The van der Waals surface area contributed by atoms with Crippen LogP contribution >= 0.6 is 0 Å². The van der Waals surface area contributed by atoms with Crippen LogP contribution in [0, 0.1) is 35.5 Å². The van der Waals surface area contributed by atoms with Crippen LogP contribution in [-0.4, -0.2) is 47.8 Å². The summed E-state index contributed by atoms with van der Waals surface area (Å²) >= 11 is 0. The highest BCUT2D eigenvalue weighted by molar-refractivity contribution is 5.96. The molecule has 216 valence electrons. The first kappa shape index (κ1) is 32.2. The minimum absolute atomic E-state index is 0.0176. The van der Waals surface area contributed by atoms with Crippen molar-refractivity contribution in [3.05, 3.63) is 34.9 Å². The summed E-state index contributed by atoms with van der Waals surface area (Å²) in [5, 5.41) is 8.75. The minimum Gasteiger partial charge on any atom is -0.481 e. The number of esters is 2. The molecule has 0 saturated carbocycles. The van der Waals surface area contributed by atoms with Crippen LogP contribution in [0.1, 0.15) is 80.1 Å². The van der Waals surface area contributed by atoms with Gasteiger partial charge in [0.15, 0.2) is 11.6 Å². The second kappa shape index (κ2) is 14.4. The average Bonchev–Trinajstić information content (AvgIpc) is 3.15. The summed E-state index contributed by atoms with van der Waals surface area (Å²) < 4.78 is 9.86. The predicted octanol–water partition coefficient (Wildman–Crippen LogP) is 5.26. The molecule has 1 N–H and O–H groups in total. The Hall–Kier alpha value is -3.03. The molecule has 1 heterocycles. The molecule has 1 saturated heterocycles. The van der Waals surface area contributed by atoms with E-state index in [9.17, 15) is 24.0 Å². The molecule has 3 aliphatic carbocycles. The van der Waals surface area contributed by atoms with Crippen LogP contribution in [0.3, 0.4) is 0 Å². The Bertz CT molecular complexity index is 1050. The molecule has 4 rings (SSSR count). The van der Waals surface area contributed by atoms with Crippen LogP contribution in [-0.2, 0) is 33.4 Å². The number of carbonyl (C=O) groups excluding carboxylic acids is 4. The number of hydrogen-bond donors (Lipinski definition) is 1. The fourth-order valence-corrected chi connectivity index (χ4v) is 5.53. The van der Waals surface area contributed by atoms with Gasteiger partial charge in [-0.25, -0.2) is 0 Å². The number of rotatable bonds is 4. The Morgan fingerprint density at radius 3 is 1.82 bits per heavy atom. The molecule has 0 aromatic rings. The smallest absolute Gasteiger partial charge is 0.309 e. The first-order valence-corrected chi connectivity index (χ1v) is 13.9. The molecule has 0 spiro atoms. The number of methoxy groups -OCH3 is 1. The van der Waals surface area contributed by atoms with E-state index in [1.165, 1.54) is 12.7 Å². The Morgan fingerprint density at radius 1 is 0.872 bits per heavy atom. The molecule has 0 radical (unpaired) electrons. The number of fused-ring (bicyclic) bond motifs is 1. The zero-order chi connectivity index (χ0) is 29.4. The molecule has 7 atom stereocenters. The van der Waals surface area contributed by atoms with Gasteiger partial charge in [0, 0.05) is 17.8 Å². The molecule has 0 aromatic heterocycles. The van der Waals surface area contributed by atoms with Crippen molar-refractivity contribution in [2.24, 2.45) is 35.5 Å². The molecule has 4 aliphatic rings. The maximum Gasteiger partial charge on any atom is 0.309 e. The molecular formula is C31H44O8. The van der Waals surface area contributed by atoms with Gasteiger partial charge >= 0.3 is 17.9 Å². The Balaban J connectivity index is 0.000000206. The van der Waals surface area contributed by atoms with Crippen molar-refractivity contribution < 1.29 is 38.6 Å². The monoisotopic (exact) mass is 544 g/mol. The lowest BCUT2D eigenvalue weighted by Crippen LogP contribution is -2.29. The Kier molecular flexibility index (Phi) is 11.9. The van der Waals surface area contributed by atoms with Crippen LogP contribution in [0.2, 0.25) is 0 Å². The number of carbonyl (C=O) groups is 5. The van der Waals surface area contributed by atoms with Crippen molar-refractivity contribution in [3.63, 3.8) is 0 Å². The summed E-state index contributed by atoms with van der Waals surface area (Å²) in [4.78, 5) is 56.1. The van der Waals surface area contributed by atoms with Crippen molar-refractivity contribution in [3.8, 4) is 0 Å². The second-order valence-corrected chi connectivity index (χ2v) is 11.4. The van der Waals surface area contributed by atoms with Gasteiger partial charge < -0.3 is 14.6 Å². The zero-order valence-corrected chi connectivity index (χ0v) is 24.3. The molecule has 0 aromatic carbocycles. The minimum atomic E-state index is -0.883. The SMILES string of the molecule is CC1=CC(=O)C(C(C)C(=O)O)CC1.CC1=CC2OC(=O)C(C)C2CC1.COC(=O)C(C)C1CCC(C)=CC1=O. The lowest BCUT2D eigenvalue weighted by atomic mass is 9.81. The van der Waals surface area contributed by atoms with Crippen molar-refractivity contribution >= 4 is 29.5 Å². The van der Waals surface area contributed by atoms with Gasteiger partial charge in [-0.3, -0.25) is 24.0 Å². The summed E-state index contributed by atoms with van der Waals surface area (Å²) in [5.74, 6) is -1.99. The highest BCUT2D eigenvalue weighted by Gasteiger charge is 2.41. The van der Waals surface area contributed by atoms with E-state index in [4.69, 9.17) is 9.84 Å². The van der Waals surface area contributed by atoms with Gasteiger partial charge in [0.1, 0.15) is 6.10 Å². The summed E-state index contributed by atoms with van der Waals surface area (Å²) in [6.45, 7) is 11.3. The number of aliphatic carboxylic acids is 1. The molecule has 7 unspecified atom stereocenters. The van der Waals surface area contributed by atoms with Gasteiger partial charge in [-0.15, -0.1) is 0 Å². The molecular weight excluding hydrogens is 500 g/mol. The van der Waals surface area contributed by atoms with Crippen molar-refractivity contribution in [2.45, 2.75) is 86.2 Å². The van der Waals surface area contributed by atoms with Crippen LogP contribution in [0.4, 0.5) is 0 Å².